The Morgan fingerprint density at radius 3 is 1.28 bits per heavy atom. The minimum Gasteiger partial charge on any atom is -0.0622 e. The first kappa shape index (κ1) is 26.4. The lowest BCUT2D eigenvalue weighted by atomic mass is 9.85. The van der Waals surface area contributed by atoms with Crippen LogP contribution in [0.25, 0.3) is 87.6 Å². The van der Waals surface area contributed by atoms with E-state index >= 15 is 0 Å². The van der Waals surface area contributed by atoms with Crippen LogP contribution in [0.2, 0.25) is 0 Å². The van der Waals surface area contributed by atoms with Crippen molar-refractivity contribution < 1.29 is 0 Å². The molecule has 0 nitrogen and oxygen atoms in total. The van der Waals surface area contributed by atoms with E-state index in [0.717, 1.165) is 0 Å². The van der Waals surface area contributed by atoms with Gasteiger partial charge in [0.25, 0.3) is 0 Å². The molecule has 0 saturated carbocycles. The number of rotatable bonds is 4. The van der Waals surface area contributed by atoms with E-state index in [0.29, 0.717) is 0 Å². The predicted molar refractivity (Wildman–Crippen MR) is 198 cm³/mol. The van der Waals surface area contributed by atoms with Gasteiger partial charge in [0, 0.05) is 0 Å². The van der Waals surface area contributed by atoms with Crippen molar-refractivity contribution in [1.82, 2.24) is 0 Å². The van der Waals surface area contributed by atoms with Crippen LogP contribution in [0, 0.1) is 0 Å². The van der Waals surface area contributed by atoms with Crippen molar-refractivity contribution in [3.05, 3.63) is 182 Å². The molecule has 0 aliphatic heterocycles. The Kier molecular flexibility index (Phi) is 6.25. The first-order valence-electron chi connectivity index (χ1n) is 15.9. The Balaban J connectivity index is 1.26. The summed E-state index contributed by atoms with van der Waals surface area (Å²) in [6.45, 7) is 0. The molecule has 0 heterocycles. The molecule has 0 aliphatic rings. The first-order chi connectivity index (χ1) is 22.8. The molecule has 0 unspecified atom stereocenters. The number of hydrogen-bond acceptors (Lipinski definition) is 0. The van der Waals surface area contributed by atoms with Crippen molar-refractivity contribution in [1.29, 1.82) is 0 Å². The normalized spacial score (nSPS) is 11.5. The molecule has 0 bridgehead atoms. The minimum atomic E-state index is 1.22. The molecule has 0 amide bonds. The number of hydrogen-bond donors (Lipinski definition) is 0. The Bertz CT molecular complexity index is 2500. The highest BCUT2D eigenvalue weighted by atomic mass is 14.2. The molecule has 0 heteroatoms. The van der Waals surface area contributed by atoms with Gasteiger partial charge in [-0.1, -0.05) is 176 Å². The monoisotopic (exact) mass is 582 g/mol. The van der Waals surface area contributed by atoms with Crippen LogP contribution in [0.5, 0.6) is 0 Å². The van der Waals surface area contributed by atoms with Gasteiger partial charge in [0.1, 0.15) is 0 Å². The molecule has 0 aromatic heterocycles. The summed E-state index contributed by atoms with van der Waals surface area (Å²) in [5.41, 5.74) is 10.0. The summed E-state index contributed by atoms with van der Waals surface area (Å²) in [6, 6.07) is 66.5. The second-order valence-corrected chi connectivity index (χ2v) is 12.1. The summed E-state index contributed by atoms with van der Waals surface area (Å²) in [5.74, 6) is 0. The number of fused-ring (bicyclic) bond motifs is 4. The van der Waals surface area contributed by atoms with Crippen LogP contribution in [0.3, 0.4) is 0 Å². The van der Waals surface area contributed by atoms with Gasteiger partial charge in [-0.25, -0.2) is 0 Å². The molecule has 0 fully saturated rings. The van der Waals surface area contributed by atoms with E-state index in [1.54, 1.807) is 0 Å². The van der Waals surface area contributed by atoms with E-state index in [9.17, 15) is 0 Å². The lowest BCUT2D eigenvalue weighted by Crippen LogP contribution is -1.92. The van der Waals surface area contributed by atoms with Crippen LogP contribution in [-0.4, -0.2) is 0 Å². The van der Waals surface area contributed by atoms with Crippen LogP contribution in [-0.2, 0) is 0 Å². The molecule has 0 atom stereocenters. The van der Waals surface area contributed by atoms with Gasteiger partial charge in [-0.3, -0.25) is 0 Å². The Morgan fingerprint density at radius 1 is 0.217 bits per heavy atom. The summed E-state index contributed by atoms with van der Waals surface area (Å²) in [6.07, 6.45) is 0. The van der Waals surface area contributed by atoms with Gasteiger partial charge in [0.2, 0.25) is 0 Å². The summed E-state index contributed by atoms with van der Waals surface area (Å²) < 4.78 is 0. The third-order valence-electron chi connectivity index (χ3n) is 9.45. The van der Waals surface area contributed by atoms with E-state index in [2.05, 4.69) is 182 Å². The van der Waals surface area contributed by atoms with E-state index in [1.165, 1.54) is 87.6 Å². The van der Waals surface area contributed by atoms with Crippen LogP contribution >= 0.6 is 0 Å². The van der Waals surface area contributed by atoms with Gasteiger partial charge in [0.05, 0.1) is 0 Å². The first-order valence-corrected chi connectivity index (χ1v) is 15.9. The highest BCUT2D eigenvalue weighted by Gasteiger charge is 2.18. The van der Waals surface area contributed by atoms with Crippen LogP contribution in [0.4, 0.5) is 0 Å². The lowest BCUT2D eigenvalue weighted by Gasteiger charge is -2.19. The predicted octanol–water partition coefficient (Wildman–Crippen LogP) is 13.0. The smallest absolute Gasteiger partial charge is 0.00262 e. The molecule has 0 N–H and O–H groups in total. The van der Waals surface area contributed by atoms with Gasteiger partial charge < -0.3 is 0 Å². The minimum absolute atomic E-state index is 1.22. The van der Waals surface area contributed by atoms with Crippen LogP contribution < -0.4 is 0 Å². The third kappa shape index (κ3) is 4.30. The molecule has 9 aromatic carbocycles. The maximum Gasteiger partial charge on any atom is -0.00262 e. The maximum atomic E-state index is 2.34. The average molecular weight is 583 g/mol. The molecule has 46 heavy (non-hydrogen) atoms. The van der Waals surface area contributed by atoms with Crippen LogP contribution in [0.1, 0.15) is 0 Å². The summed E-state index contributed by atoms with van der Waals surface area (Å²) in [7, 11) is 0. The number of benzene rings is 9. The van der Waals surface area contributed by atoms with Gasteiger partial charge >= 0.3 is 0 Å². The van der Waals surface area contributed by atoms with E-state index in [1.807, 2.05) is 0 Å². The summed E-state index contributed by atoms with van der Waals surface area (Å²) in [4.78, 5) is 0. The van der Waals surface area contributed by atoms with Gasteiger partial charge in [-0.2, -0.15) is 0 Å². The Labute approximate surface area is 268 Å². The fourth-order valence-electron chi connectivity index (χ4n) is 7.34. The SMILES string of the molecule is c1ccc(-c2ccc3ccccc3c2-c2ccc(-c3c4ccccc4c(-c4ccc5ccccc5c4)c4ccccc34)cc2)cc1. The van der Waals surface area contributed by atoms with Crippen molar-refractivity contribution in [3.8, 4) is 44.5 Å². The summed E-state index contributed by atoms with van der Waals surface area (Å²) >= 11 is 0. The molecule has 9 rings (SSSR count). The zero-order chi connectivity index (χ0) is 30.5. The molecule has 9 aromatic rings. The quantitative estimate of drug-likeness (QED) is 0.181. The zero-order valence-corrected chi connectivity index (χ0v) is 25.3. The highest BCUT2D eigenvalue weighted by molar-refractivity contribution is 6.21. The molecule has 214 valence electrons. The van der Waals surface area contributed by atoms with Crippen LogP contribution in [0.15, 0.2) is 182 Å². The molecule has 0 spiro atoms. The fourth-order valence-corrected chi connectivity index (χ4v) is 7.34. The second-order valence-electron chi connectivity index (χ2n) is 12.1. The van der Waals surface area contributed by atoms with Gasteiger partial charge in [0.15, 0.2) is 0 Å². The lowest BCUT2D eigenvalue weighted by molar-refractivity contribution is 1.60. The third-order valence-corrected chi connectivity index (χ3v) is 9.45. The van der Waals surface area contributed by atoms with Crippen molar-refractivity contribution in [2.24, 2.45) is 0 Å². The molecular formula is C46H30. The molecular weight excluding hydrogens is 553 g/mol. The Hall–Kier alpha value is -5.98. The molecule has 0 radical (unpaired) electrons. The standard InChI is InChI=1S/C46H30/c1-2-13-32(14-3-1)39-29-28-33-15-6-7-17-38(33)44(39)34-23-25-35(26-24-34)45-40-18-8-10-20-42(40)46(43-21-11-9-19-41(43)45)37-27-22-31-12-4-5-16-36(31)30-37/h1-30H. The van der Waals surface area contributed by atoms with Crippen molar-refractivity contribution >= 4 is 43.1 Å². The van der Waals surface area contributed by atoms with Crippen molar-refractivity contribution in [2.45, 2.75) is 0 Å². The zero-order valence-electron chi connectivity index (χ0n) is 25.3. The van der Waals surface area contributed by atoms with Crippen molar-refractivity contribution in [2.75, 3.05) is 0 Å². The fraction of sp³-hybridized carbons (Fsp3) is 0. The maximum absolute atomic E-state index is 2.34. The van der Waals surface area contributed by atoms with E-state index < -0.39 is 0 Å². The largest absolute Gasteiger partial charge is 0.0622 e. The van der Waals surface area contributed by atoms with Crippen molar-refractivity contribution in [3.63, 3.8) is 0 Å². The highest BCUT2D eigenvalue weighted by Crippen LogP contribution is 2.45. The Morgan fingerprint density at radius 2 is 0.652 bits per heavy atom. The summed E-state index contributed by atoms with van der Waals surface area (Å²) in [5, 5.41) is 10.1. The average Bonchev–Trinajstić information content (AvgIpc) is 3.13. The van der Waals surface area contributed by atoms with E-state index in [4.69, 9.17) is 0 Å². The second kappa shape index (κ2) is 10.9. The van der Waals surface area contributed by atoms with E-state index in [-0.39, 0.29) is 0 Å². The molecule has 0 aliphatic carbocycles. The topological polar surface area (TPSA) is 0 Å². The van der Waals surface area contributed by atoms with Gasteiger partial charge in [-0.05, 0) is 93.7 Å². The molecule has 0 saturated heterocycles. The van der Waals surface area contributed by atoms with Gasteiger partial charge in [-0.15, -0.1) is 0 Å².